The highest BCUT2D eigenvalue weighted by atomic mass is 19.4. The molecule has 0 aromatic heterocycles. The largest absolute Gasteiger partial charge is 0.573 e. The zero-order valence-electron chi connectivity index (χ0n) is 11.3. The Morgan fingerprint density at radius 3 is 2.50 bits per heavy atom. The fourth-order valence-electron chi connectivity index (χ4n) is 1.83. The number of benzene rings is 2. The van der Waals surface area contributed by atoms with E-state index in [1.54, 1.807) is 24.3 Å². The van der Waals surface area contributed by atoms with Crippen LogP contribution in [-0.2, 0) is 4.79 Å². The van der Waals surface area contributed by atoms with Crippen molar-refractivity contribution in [2.24, 2.45) is 5.73 Å². The molecule has 116 valence electrons. The number of carbonyl (C=O) groups is 1. The molecule has 0 saturated heterocycles. The summed E-state index contributed by atoms with van der Waals surface area (Å²) >= 11 is 0. The molecule has 4 nitrogen and oxygen atoms in total. The van der Waals surface area contributed by atoms with Gasteiger partial charge in [0.1, 0.15) is 11.5 Å². The lowest BCUT2D eigenvalue weighted by Gasteiger charge is -2.14. The molecular formula is C15H12F3NO3. The van der Waals surface area contributed by atoms with Gasteiger partial charge in [-0.3, -0.25) is 4.79 Å². The number of primary amides is 1. The van der Waals surface area contributed by atoms with Gasteiger partial charge in [-0.05, 0) is 23.8 Å². The molecule has 0 fully saturated rings. The summed E-state index contributed by atoms with van der Waals surface area (Å²) < 4.78 is 46.4. The fraction of sp³-hybridized carbons (Fsp3) is 0.133. The van der Waals surface area contributed by atoms with Crippen molar-refractivity contribution in [2.45, 2.75) is 6.36 Å². The Bertz CT molecular complexity index is 671. The van der Waals surface area contributed by atoms with E-state index < -0.39 is 12.3 Å². The minimum absolute atomic E-state index is 0.254. The van der Waals surface area contributed by atoms with Crippen molar-refractivity contribution in [3.63, 3.8) is 0 Å². The average Bonchev–Trinajstić information content (AvgIpc) is 2.44. The van der Waals surface area contributed by atoms with Crippen molar-refractivity contribution >= 4 is 5.91 Å². The minimum Gasteiger partial charge on any atom is -0.484 e. The maximum atomic E-state index is 12.4. The minimum atomic E-state index is -4.78. The van der Waals surface area contributed by atoms with E-state index in [-0.39, 0.29) is 17.9 Å². The number of rotatable bonds is 5. The van der Waals surface area contributed by atoms with E-state index in [9.17, 15) is 18.0 Å². The predicted octanol–water partition coefficient (Wildman–Crippen LogP) is 3.12. The van der Waals surface area contributed by atoms with Crippen molar-refractivity contribution in [1.82, 2.24) is 0 Å². The highest BCUT2D eigenvalue weighted by Gasteiger charge is 2.32. The Balaban J connectivity index is 2.32. The van der Waals surface area contributed by atoms with E-state index >= 15 is 0 Å². The molecule has 2 N–H and O–H groups in total. The van der Waals surface area contributed by atoms with E-state index in [4.69, 9.17) is 10.5 Å². The third kappa shape index (κ3) is 4.41. The standard InChI is InChI=1S/C15H12F3NO3/c16-15(17,18)22-13-7-2-1-6-12(13)10-4-3-5-11(8-10)21-9-14(19)20/h1-8H,9H2,(H2,19,20). The second-order valence-corrected chi connectivity index (χ2v) is 4.33. The molecule has 2 aromatic carbocycles. The van der Waals surface area contributed by atoms with Gasteiger partial charge in [-0.2, -0.15) is 0 Å². The Labute approximate surface area is 124 Å². The lowest BCUT2D eigenvalue weighted by molar-refractivity contribution is -0.274. The first-order chi connectivity index (χ1) is 10.3. The van der Waals surface area contributed by atoms with E-state index in [2.05, 4.69) is 4.74 Å². The highest BCUT2D eigenvalue weighted by Crippen LogP contribution is 2.34. The zero-order valence-corrected chi connectivity index (χ0v) is 11.3. The Morgan fingerprint density at radius 2 is 1.82 bits per heavy atom. The molecule has 0 unspecified atom stereocenters. The Morgan fingerprint density at radius 1 is 1.09 bits per heavy atom. The molecule has 1 amide bonds. The number of alkyl halides is 3. The molecule has 0 spiro atoms. The SMILES string of the molecule is NC(=O)COc1cccc(-c2ccccc2OC(F)(F)F)c1. The van der Waals surface area contributed by atoms with Crippen LogP contribution in [0.25, 0.3) is 11.1 Å². The third-order valence-electron chi connectivity index (χ3n) is 2.64. The maximum Gasteiger partial charge on any atom is 0.573 e. The molecule has 2 rings (SSSR count). The Hall–Kier alpha value is -2.70. The second kappa shape index (κ2) is 6.38. The van der Waals surface area contributed by atoms with Crippen LogP contribution in [0.4, 0.5) is 13.2 Å². The maximum absolute atomic E-state index is 12.4. The summed E-state index contributed by atoms with van der Waals surface area (Å²) in [7, 11) is 0. The molecular weight excluding hydrogens is 299 g/mol. The lowest BCUT2D eigenvalue weighted by Crippen LogP contribution is -2.20. The molecule has 0 aliphatic heterocycles. The summed E-state index contributed by atoms with van der Waals surface area (Å²) in [6.07, 6.45) is -4.78. The van der Waals surface area contributed by atoms with Crippen molar-refractivity contribution in [2.75, 3.05) is 6.61 Å². The van der Waals surface area contributed by atoms with Crippen LogP contribution < -0.4 is 15.2 Å². The van der Waals surface area contributed by atoms with Crippen LogP contribution in [-0.4, -0.2) is 18.9 Å². The van der Waals surface area contributed by atoms with Crippen LogP contribution >= 0.6 is 0 Å². The van der Waals surface area contributed by atoms with Gasteiger partial charge in [-0.15, -0.1) is 13.2 Å². The molecule has 22 heavy (non-hydrogen) atoms. The van der Waals surface area contributed by atoms with E-state index in [1.807, 2.05) is 0 Å². The first kappa shape index (κ1) is 15.7. The van der Waals surface area contributed by atoms with Crippen LogP contribution in [0.2, 0.25) is 0 Å². The summed E-state index contributed by atoms with van der Waals surface area (Å²) in [5.41, 5.74) is 5.69. The van der Waals surface area contributed by atoms with Gasteiger partial charge in [0.2, 0.25) is 0 Å². The van der Waals surface area contributed by atoms with Gasteiger partial charge >= 0.3 is 6.36 Å². The normalized spacial score (nSPS) is 11.0. The third-order valence-corrected chi connectivity index (χ3v) is 2.64. The van der Waals surface area contributed by atoms with Crippen LogP contribution in [0.15, 0.2) is 48.5 Å². The van der Waals surface area contributed by atoms with Crippen molar-refractivity contribution in [3.8, 4) is 22.6 Å². The summed E-state index contributed by atoms with van der Waals surface area (Å²) in [6, 6.07) is 12.0. The summed E-state index contributed by atoms with van der Waals surface area (Å²) in [5, 5.41) is 0. The van der Waals surface area contributed by atoms with Gasteiger partial charge in [0.15, 0.2) is 6.61 Å². The summed E-state index contributed by atoms with van der Waals surface area (Å²) in [5.74, 6) is -0.647. The molecule has 0 aliphatic carbocycles. The summed E-state index contributed by atoms with van der Waals surface area (Å²) in [6.45, 7) is -0.315. The topological polar surface area (TPSA) is 61.6 Å². The number of para-hydroxylation sites is 1. The number of ether oxygens (including phenoxy) is 2. The molecule has 0 heterocycles. The van der Waals surface area contributed by atoms with E-state index in [1.165, 1.54) is 24.3 Å². The number of halogens is 3. The van der Waals surface area contributed by atoms with Crippen molar-refractivity contribution < 1.29 is 27.4 Å². The quantitative estimate of drug-likeness (QED) is 0.923. The first-order valence-electron chi connectivity index (χ1n) is 6.21. The fourth-order valence-corrected chi connectivity index (χ4v) is 1.83. The molecule has 2 aromatic rings. The number of carbonyl (C=O) groups excluding carboxylic acids is 1. The summed E-state index contributed by atoms with van der Waals surface area (Å²) in [4.78, 5) is 10.7. The molecule has 0 radical (unpaired) electrons. The van der Waals surface area contributed by atoms with Crippen LogP contribution in [0, 0.1) is 0 Å². The zero-order chi connectivity index (χ0) is 16.2. The highest BCUT2D eigenvalue weighted by molar-refractivity contribution is 5.75. The number of nitrogens with two attached hydrogens (primary N) is 1. The van der Waals surface area contributed by atoms with Gasteiger partial charge in [-0.25, -0.2) is 0 Å². The van der Waals surface area contributed by atoms with Crippen LogP contribution in [0.1, 0.15) is 0 Å². The van der Waals surface area contributed by atoms with Gasteiger partial charge in [0, 0.05) is 5.56 Å². The monoisotopic (exact) mass is 311 g/mol. The number of hydrogen-bond acceptors (Lipinski definition) is 3. The molecule has 0 saturated carbocycles. The van der Waals surface area contributed by atoms with Crippen LogP contribution in [0.5, 0.6) is 11.5 Å². The molecule has 7 heteroatoms. The van der Waals surface area contributed by atoms with Gasteiger partial charge < -0.3 is 15.2 Å². The van der Waals surface area contributed by atoms with Crippen molar-refractivity contribution in [3.05, 3.63) is 48.5 Å². The van der Waals surface area contributed by atoms with Gasteiger partial charge in [0.05, 0.1) is 0 Å². The van der Waals surface area contributed by atoms with Gasteiger partial charge in [-0.1, -0.05) is 30.3 Å². The van der Waals surface area contributed by atoms with E-state index in [0.717, 1.165) is 0 Å². The van der Waals surface area contributed by atoms with Crippen LogP contribution in [0.3, 0.4) is 0 Å². The predicted molar refractivity (Wildman–Crippen MR) is 73.3 cm³/mol. The number of hydrogen-bond donors (Lipinski definition) is 1. The van der Waals surface area contributed by atoms with Gasteiger partial charge in [0.25, 0.3) is 5.91 Å². The van der Waals surface area contributed by atoms with E-state index in [0.29, 0.717) is 11.3 Å². The smallest absolute Gasteiger partial charge is 0.484 e. The lowest BCUT2D eigenvalue weighted by atomic mass is 10.0. The second-order valence-electron chi connectivity index (χ2n) is 4.33. The number of amides is 1. The Kier molecular flexibility index (Phi) is 4.55. The first-order valence-corrected chi connectivity index (χ1v) is 6.21. The van der Waals surface area contributed by atoms with Crippen molar-refractivity contribution in [1.29, 1.82) is 0 Å². The molecule has 0 atom stereocenters. The average molecular weight is 311 g/mol. The molecule has 0 bridgehead atoms. The molecule has 0 aliphatic rings.